The standard InChI is InChI=1S/C18H15F3N4O3/c19-18(20,21)10-5-7-14(22-9-10)25-15(26)8-6-13-17(28)23-12-4-2-1-3-11(12)16(27)24-13/h1-5,7,9,13H,6,8H2,(H,23,28)(H,24,27)(H,22,25,26). The largest absolute Gasteiger partial charge is 0.417 e. The van der Waals surface area contributed by atoms with Gasteiger partial charge in [0, 0.05) is 12.6 Å². The van der Waals surface area contributed by atoms with Crippen LogP contribution in [0.3, 0.4) is 0 Å². The van der Waals surface area contributed by atoms with Gasteiger partial charge in [0.1, 0.15) is 11.9 Å². The highest BCUT2D eigenvalue weighted by Gasteiger charge is 2.31. The second kappa shape index (κ2) is 7.67. The lowest BCUT2D eigenvalue weighted by atomic mass is 10.1. The Morgan fingerprint density at radius 1 is 1.14 bits per heavy atom. The van der Waals surface area contributed by atoms with E-state index in [1.54, 1.807) is 24.3 Å². The maximum atomic E-state index is 12.5. The molecule has 3 rings (SSSR count). The van der Waals surface area contributed by atoms with Crippen LogP contribution >= 0.6 is 0 Å². The van der Waals surface area contributed by atoms with Crippen molar-refractivity contribution in [2.45, 2.75) is 25.1 Å². The van der Waals surface area contributed by atoms with Crippen LogP contribution in [0, 0.1) is 0 Å². The van der Waals surface area contributed by atoms with Gasteiger partial charge in [0.2, 0.25) is 11.8 Å². The Morgan fingerprint density at radius 3 is 2.57 bits per heavy atom. The van der Waals surface area contributed by atoms with E-state index in [1.165, 1.54) is 0 Å². The third kappa shape index (κ3) is 4.45. The normalized spacial score (nSPS) is 16.5. The minimum Gasteiger partial charge on any atom is -0.340 e. The minimum atomic E-state index is -4.52. The number of anilines is 2. The molecule has 2 aromatic rings. The predicted molar refractivity (Wildman–Crippen MR) is 93.4 cm³/mol. The number of nitrogens with one attached hydrogen (secondary N) is 3. The van der Waals surface area contributed by atoms with Crippen molar-refractivity contribution in [1.29, 1.82) is 0 Å². The highest BCUT2D eigenvalue weighted by molar-refractivity contribution is 6.09. The molecule has 1 unspecified atom stereocenters. The summed E-state index contributed by atoms with van der Waals surface area (Å²) in [5.74, 6) is -1.49. The summed E-state index contributed by atoms with van der Waals surface area (Å²) in [6.45, 7) is 0. The molecule has 0 radical (unpaired) electrons. The number of benzene rings is 1. The van der Waals surface area contributed by atoms with E-state index in [-0.39, 0.29) is 18.7 Å². The fraction of sp³-hybridized carbons (Fsp3) is 0.222. The van der Waals surface area contributed by atoms with E-state index >= 15 is 0 Å². The lowest BCUT2D eigenvalue weighted by Crippen LogP contribution is -2.41. The van der Waals surface area contributed by atoms with E-state index in [4.69, 9.17) is 0 Å². The predicted octanol–water partition coefficient (Wildman–Crippen LogP) is 2.57. The summed E-state index contributed by atoms with van der Waals surface area (Å²) < 4.78 is 37.5. The monoisotopic (exact) mass is 392 g/mol. The Balaban J connectivity index is 1.57. The first-order valence-electron chi connectivity index (χ1n) is 8.28. The second-order valence-electron chi connectivity index (χ2n) is 6.08. The summed E-state index contributed by atoms with van der Waals surface area (Å²) >= 11 is 0. The molecule has 1 aliphatic heterocycles. The van der Waals surface area contributed by atoms with Crippen molar-refractivity contribution in [3.05, 3.63) is 53.7 Å². The molecular formula is C18H15F3N4O3. The van der Waals surface area contributed by atoms with Crippen molar-refractivity contribution in [2.75, 3.05) is 10.6 Å². The van der Waals surface area contributed by atoms with Gasteiger partial charge in [-0.2, -0.15) is 13.2 Å². The van der Waals surface area contributed by atoms with E-state index in [0.29, 0.717) is 17.4 Å². The van der Waals surface area contributed by atoms with Crippen LogP contribution in [-0.2, 0) is 15.8 Å². The van der Waals surface area contributed by atoms with Crippen LogP contribution in [-0.4, -0.2) is 28.7 Å². The SMILES string of the molecule is O=C(CCC1NC(=O)c2ccccc2NC1=O)Nc1ccc(C(F)(F)F)cn1. The van der Waals surface area contributed by atoms with E-state index in [9.17, 15) is 27.6 Å². The van der Waals surface area contributed by atoms with E-state index < -0.39 is 35.5 Å². The Bertz CT molecular complexity index is 913. The quantitative estimate of drug-likeness (QED) is 0.745. The Morgan fingerprint density at radius 2 is 1.89 bits per heavy atom. The van der Waals surface area contributed by atoms with Crippen molar-refractivity contribution in [3.63, 3.8) is 0 Å². The number of fused-ring (bicyclic) bond motifs is 1. The fourth-order valence-electron chi connectivity index (χ4n) is 2.63. The molecule has 28 heavy (non-hydrogen) atoms. The molecule has 146 valence electrons. The first kappa shape index (κ1) is 19.3. The molecule has 3 amide bonds. The number of rotatable bonds is 4. The molecule has 0 fully saturated rings. The van der Waals surface area contributed by atoms with E-state index in [0.717, 1.165) is 12.1 Å². The molecule has 0 saturated heterocycles. The summed E-state index contributed by atoms with van der Waals surface area (Å²) in [7, 11) is 0. The average molecular weight is 392 g/mol. The van der Waals surface area contributed by atoms with Gasteiger partial charge in [0.25, 0.3) is 5.91 Å². The first-order chi connectivity index (χ1) is 13.2. The van der Waals surface area contributed by atoms with Gasteiger partial charge in [0.15, 0.2) is 0 Å². The number of hydrogen-bond donors (Lipinski definition) is 3. The van der Waals surface area contributed by atoms with Crippen LogP contribution < -0.4 is 16.0 Å². The number of para-hydroxylation sites is 1. The minimum absolute atomic E-state index is 0.0119. The van der Waals surface area contributed by atoms with Gasteiger partial charge in [-0.1, -0.05) is 12.1 Å². The topological polar surface area (TPSA) is 100 Å². The average Bonchev–Trinajstić information content (AvgIpc) is 2.76. The number of nitrogens with zero attached hydrogens (tertiary/aromatic N) is 1. The molecule has 10 heteroatoms. The number of carbonyl (C=O) groups is 3. The summed E-state index contributed by atoms with van der Waals surface area (Å²) in [6.07, 6.45) is -4.03. The highest BCUT2D eigenvalue weighted by atomic mass is 19.4. The van der Waals surface area contributed by atoms with Crippen LogP contribution in [0.5, 0.6) is 0 Å². The summed E-state index contributed by atoms with van der Waals surface area (Å²) in [6, 6.07) is 7.42. The van der Waals surface area contributed by atoms with Gasteiger partial charge < -0.3 is 16.0 Å². The molecule has 1 atom stereocenters. The lowest BCUT2D eigenvalue weighted by Gasteiger charge is -2.14. The van der Waals surface area contributed by atoms with Gasteiger partial charge in [-0.15, -0.1) is 0 Å². The van der Waals surface area contributed by atoms with Crippen molar-refractivity contribution in [2.24, 2.45) is 0 Å². The molecule has 0 saturated carbocycles. The molecule has 0 spiro atoms. The Kier molecular flexibility index (Phi) is 5.30. The molecular weight excluding hydrogens is 377 g/mol. The van der Waals surface area contributed by atoms with Gasteiger partial charge >= 0.3 is 6.18 Å². The zero-order chi connectivity index (χ0) is 20.3. The number of alkyl halides is 3. The lowest BCUT2D eigenvalue weighted by molar-refractivity contribution is -0.137. The van der Waals surface area contributed by atoms with Gasteiger partial charge in [-0.25, -0.2) is 4.98 Å². The van der Waals surface area contributed by atoms with Crippen LogP contribution in [0.25, 0.3) is 0 Å². The summed E-state index contributed by atoms with van der Waals surface area (Å²) in [5.41, 5.74) is -0.231. The molecule has 0 bridgehead atoms. The van der Waals surface area contributed by atoms with Gasteiger partial charge in [0.05, 0.1) is 16.8 Å². The molecule has 2 heterocycles. The van der Waals surface area contributed by atoms with Gasteiger partial charge in [-0.05, 0) is 30.7 Å². The third-order valence-electron chi connectivity index (χ3n) is 4.07. The van der Waals surface area contributed by atoms with Crippen molar-refractivity contribution < 1.29 is 27.6 Å². The third-order valence-corrected chi connectivity index (χ3v) is 4.07. The van der Waals surface area contributed by atoms with Crippen molar-refractivity contribution in [1.82, 2.24) is 10.3 Å². The van der Waals surface area contributed by atoms with Crippen LogP contribution in [0.1, 0.15) is 28.8 Å². The molecule has 1 aromatic heterocycles. The zero-order valence-corrected chi connectivity index (χ0v) is 14.3. The fourth-order valence-corrected chi connectivity index (χ4v) is 2.63. The van der Waals surface area contributed by atoms with Crippen molar-refractivity contribution in [3.8, 4) is 0 Å². The smallest absolute Gasteiger partial charge is 0.340 e. The highest BCUT2D eigenvalue weighted by Crippen LogP contribution is 2.28. The van der Waals surface area contributed by atoms with E-state index in [2.05, 4.69) is 20.9 Å². The number of carbonyl (C=O) groups excluding carboxylic acids is 3. The Labute approximate surface area is 157 Å². The number of aromatic nitrogens is 1. The molecule has 3 N–H and O–H groups in total. The maximum Gasteiger partial charge on any atom is 0.417 e. The number of pyridine rings is 1. The van der Waals surface area contributed by atoms with Gasteiger partial charge in [-0.3, -0.25) is 14.4 Å². The van der Waals surface area contributed by atoms with Crippen LogP contribution in [0.4, 0.5) is 24.7 Å². The first-order valence-corrected chi connectivity index (χ1v) is 8.28. The maximum absolute atomic E-state index is 12.5. The second-order valence-corrected chi connectivity index (χ2v) is 6.08. The molecule has 1 aliphatic rings. The van der Waals surface area contributed by atoms with E-state index in [1.807, 2.05) is 0 Å². The van der Waals surface area contributed by atoms with Crippen LogP contribution in [0.2, 0.25) is 0 Å². The van der Waals surface area contributed by atoms with Crippen molar-refractivity contribution >= 4 is 29.2 Å². The number of amides is 3. The number of halogens is 3. The molecule has 0 aliphatic carbocycles. The molecule has 1 aromatic carbocycles. The zero-order valence-electron chi connectivity index (χ0n) is 14.3. The Hall–Kier alpha value is -3.43. The summed E-state index contributed by atoms with van der Waals surface area (Å²) in [4.78, 5) is 40.0. The number of hydrogen-bond acceptors (Lipinski definition) is 4. The molecule has 7 nitrogen and oxygen atoms in total. The summed E-state index contributed by atoms with van der Waals surface area (Å²) in [5, 5.41) is 7.54. The van der Waals surface area contributed by atoms with Crippen LogP contribution in [0.15, 0.2) is 42.6 Å².